The largest absolute Gasteiger partial charge is 0.353 e. The van der Waals surface area contributed by atoms with E-state index in [2.05, 4.69) is 25.7 Å². The number of carbonyl (C=O) groups excluding carboxylic acids is 2. The van der Waals surface area contributed by atoms with Crippen molar-refractivity contribution in [3.8, 4) is 0 Å². The quantitative estimate of drug-likeness (QED) is 0.848. The topological polar surface area (TPSA) is 87.2 Å². The Labute approximate surface area is 146 Å². The number of nitrogens with zero attached hydrogens (tertiary/aromatic N) is 3. The lowest BCUT2D eigenvalue weighted by atomic mass is 10.1. The summed E-state index contributed by atoms with van der Waals surface area (Å²) in [5, 5.41) is 13.6. The molecule has 2 aromatic rings. The first kappa shape index (κ1) is 16.9. The van der Waals surface area contributed by atoms with Gasteiger partial charge in [0.15, 0.2) is 5.82 Å². The first-order valence-corrected chi connectivity index (χ1v) is 8.37. The summed E-state index contributed by atoms with van der Waals surface area (Å²) in [6.45, 7) is 1.56. The zero-order valence-corrected chi connectivity index (χ0v) is 13.9. The van der Waals surface area contributed by atoms with Crippen molar-refractivity contribution in [2.24, 2.45) is 0 Å². The maximum atomic E-state index is 12.1. The van der Waals surface area contributed by atoms with Gasteiger partial charge in [0.1, 0.15) is 0 Å². The number of hydrogen-bond acceptors (Lipinski definition) is 5. The van der Waals surface area contributed by atoms with Crippen LogP contribution in [0.1, 0.15) is 23.2 Å². The van der Waals surface area contributed by atoms with Crippen molar-refractivity contribution in [1.29, 1.82) is 0 Å². The maximum Gasteiger partial charge on any atom is 0.251 e. The highest BCUT2D eigenvalue weighted by atomic mass is 16.2. The fourth-order valence-corrected chi connectivity index (χ4v) is 2.90. The van der Waals surface area contributed by atoms with Crippen molar-refractivity contribution in [1.82, 2.24) is 20.8 Å². The molecule has 0 saturated carbocycles. The summed E-state index contributed by atoms with van der Waals surface area (Å²) in [5.41, 5.74) is 0.543. The van der Waals surface area contributed by atoms with Crippen molar-refractivity contribution in [2.75, 3.05) is 24.5 Å². The number of nitrogens with one attached hydrogen (secondary N) is 2. The van der Waals surface area contributed by atoms with E-state index in [1.165, 1.54) is 0 Å². The van der Waals surface area contributed by atoms with E-state index < -0.39 is 0 Å². The zero-order chi connectivity index (χ0) is 17.5. The molecule has 1 unspecified atom stereocenters. The van der Waals surface area contributed by atoms with E-state index in [9.17, 15) is 9.59 Å². The van der Waals surface area contributed by atoms with E-state index in [-0.39, 0.29) is 24.4 Å². The fraction of sp³-hybridized carbons (Fsp3) is 0.333. The van der Waals surface area contributed by atoms with Crippen LogP contribution in [0.3, 0.4) is 0 Å². The lowest BCUT2D eigenvalue weighted by molar-refractivity contribution is -0.120. The van der Waals surface area contributed by atoms with Gasteiger partial charge in [-0.2, -0.15) is 5.10 Å². The van der Waals surface area contributed by atoms with Crippen LogP contribution in [0.2, 0.25) is 0 Å². The molecule has 7 nitrogen and oxygen atoms in total. The lowest BCUT2D eigenvalue weighted by Crippen LogP contribution is -2.50. The Hall–Kier alpha value is -2.96. The minimum Gasteiger partial charge on any atom is -0.353 e. The van der Waals surface area contributed by atoms with Crippen LogP contribution in [0, 0.1) is 0 Å². The number of anilines is 1. The van der Waals surface area contributed by atoms with Gasteiger partial charge in [-0.05, 0) is 37.1 Å². The van der Waals surface area contributed by atoms with Gasteiger partial charge in [0.25, 0.3) is 5.91 Å². The normalized spacial score (nSPS) is 17.0. The van der Waals surface area contributed by atoms with E-state index in [1.54, 1.807) is 30.5 Å². The van der Waals surface area contributed by atoms with Crippen LogP contribution in [0.5, 0.6) is 0 Å². The van der Waals surface area contributed by atoms with Crippen molar-refractivity contribution in [3.05, 3.63) is 54.2 Å². The second-order valence-corrected chi connectivity index (χ2v) is 5.98. The Morgan fingerprint density at radius 1 is 1.16 bits per heavy atom. The second-order valence-electron chi connectivity index (χ2n) is 5.98. The summed E-state index contributed by atoms with van der Waals surface area (Å²) in [5.74, 6) is 0.384. The molecule has 1 aromatic heterocycles. The molecular weight excluding hydrogens is 318 g/mol. The molecule has 25 heavy (non-hydrogen) atoms. The van der Waals surface area contributed by atoms with Crippen LogP contribution < -0.4 is 15.5 Å². The standard InChI is InChI=1S/C18H21N5O2/c24-17(12-19-18(25)14-6-2-1-3-7-14)21-15-8-5-11-23(13-15)16-9-4-10-20-22-16/h1-4,6-7,9-10,15H,5,8,11-13H2,(H,19,25)(H,21,24). The molecule has 1 saturated heterocycles. The monoisotopic (exact) mass is 339 g/mol. The van der Waals surface area contributed by atoms with Crippen molar-refractivity contribution in [3.63, 3.8) is 0 Å². The average molecular weight is 339 g/mol. The van der Waals surface area contributed by atoms with E-state index in [1.807, 2.05) is 18.2 Å². The van der Waals surface area contributed by atoms with Crippen LogP contribution in [0.4, 0.5) is 5.82 Å². The van der Waals surface area contributed by atoms with Crippen molar-refractivity contribution < 1.29 is 9.59 Å². The first-order chi connectivity index (χ1) is 12.2. The summed E-state index contributed by atoms with van der Waals surface area (Å²) >= 11 is 0. The molecule has 0 aliphatic carbocycles. The SMILES string of the molecule is O=C(CNC(=O)c1ccccc1)NC1CCCN(c2cccnn2)C1. The molecule has 0 bridgehead atoms. The van der Waals surface area contributed by atoms with Gasteiger partial charge in [-0.1, -0.05) is 18.2 Å². The number of amides is 2. The number of benzene rings is 1. The van der Waals surface area contributed by atoms with Crippen molar-refractivity contribution >= 4 is 17.6 Å². The van der Waals surface area contributed by atoms with Crippen LogP contribution in [0.15, 0.2) is 48.7 Å². The van der Waals surface area contributed by atoms with E-state index >= 15 is 0 Å². The third kappa shape index (κ3) is 4.76. The lowest BCUT2D eigenvalue weighted by Gasteiger charge is -2.33. The van der Waals surface area contributed by atoms with E-state index in [0.717, 1.165) is 25.2 Å². The third-order valence-electron chi connectivity index (χ3n) is 4.11. The van der Waals surface area contributed by atoms with Gasteiger partial charge in [-0.15, -0.1) is 5.10 Å². The predicted octanol–water partition coefficient (Wildman–Crippen LogP) is 0.992. The highest BCUT2D eigenvalue weighted by Gasteiger charge is 2.22. The summed E-state index contributed by atoms with van der Waals surface area (Å²) in [6.07, 6.45) is 3.52. The highest BCUT2D eigenvalue weighted by Crippen LogP contribution is 2.16. The van der Waals surface area contributed by atoms with E-state index in [0.29, 0.717) is 12.1 Å². The zero-order valence-electron chi connectivity index (χ0n) is 13.9. The Balaban J connectivity index is 1.47. The molecule has 130 valence electrons. The molecule has 1 aliphatic heterocycles. The van der Waals surface area contributed by atoms with Crippen molar-refractivity contribution in [2.45, 2.75) is 18.9 Å². The second kappa shape index (κ2) is 8.23. The summed E-state index contributed by atoms with van der Waals surface area (Å²) in [7, 11) is 0. The maximum absolute atomic E-state index is 12.1. The molecule has 1 aromatic carbocycles. The minimum absolute atomic E-state index is 0.0324. The van der Waals surface area contributed by atoms with Gasteiger partial charge >= 0.3 is 0 Å². The van der Waals surface area contributed by atoms with Crippen LogP contribution in [0.25, 0.3) is 0 Å². The van der Waals surface area contributed by atoms with Gasteiger partial charge in [0.2, 0.25) is 5.91 Å². The molecular formula is C18H21N5O2. The summed E-state index contributed by atoms with van der Waals surface area (Å²) in [4.78, 5) is 26.2. The smallest absolute Gasteiger partial charge is 0.251 e. The molecule has 2 heterocycles. The van der Waals surface area contributed by atoms with Gasteiger partial charge < -0.3 is 15.5 Å². The molecule has 0 radical (unpaired) electrons. The molecule has 7 heteroatoms. The number of carbonyl (C=O) groups is 2. The van der Waals surface area contributed by atoms with Crippen LogP contribution in [-0.4, -0.2) is 47.7 Å². The third-order valence-corrected chi connectivity index (χ3v) is 4.11. The van der Waals surface area contributed by atoms with Crippen LogP contribution >= 0.6 is 0 Å². The Bertz CT molecular complexity index is 708. The molecule has 0 spiro atoms. The number of hydrogen-bond donors (Lipinski definition) is 2. The highest BCUT2D eigenvalue weighted by molar-refractivity contribution is 5.96. The summed E-state index contributed by atoms with van der Waals surface area (Å²) in [6, 6.07) is 12.7. The average Bonchev–Trinajstić information content (AvgIpc) is 2.68. The van der Waals surface area contributed by atoms with Gasteiger partial charge in [0, 0.05) is 30.9 Å². The summed E-state index contributed by atoms with van der Waals surface area (Å²) < 4.78 is 0. The molecule has 3 rings (SSSR count). The van der Waals surface area contributed by atoms with E-state index in [4.69, 9.17) is 0 Å². The molecule has 1 aliphatic rings. The Morgan fingerprint density at radius 2 is 2.00 bits per heavy atom. The molecule has 2 amide bonds. The first-order valence-electron chi connectivity index (χ1n) is 8.37. The fourth-order valence-electron chi connectivity index (χ4n) is 2.90. The molecule has 1 atom stereocenters. The van der Waals surface area contributed by atoms with Crippen LogP contribution in [-0.2, 0) is 4.79 Å². The Morgan fingerprint density at radius 3 is 2.76 bits per heavy atom. The van der Waals surface area contributed by atoms with Gasteiger partial charge in [-0.25, -0.2) is 0 Å². The Kier molecular flexibility index (Phi) is 5.56. The minimum atomic E-state index is -0.249. The predicted molar refractivity (Wildman–Crippen MR) is 94.2 cm³/mol. The van der Waals surface area contributed by atoms with Gasteiger partial charge in [0.05, 0.1) is 6.54 Å². The molecule has 2 N–H and O–H groups in total. The number of aromatic nitrogens is 2. The molecule has 1 fully saturated rings. The number of piperidine rings is 1. The van der Waals surface area contributed by atoms with Gasteiger partial charge in [-0.3, -0.25) is 9.59 Å². The number of rotatable bonds is 5.